The second-order valence-electron chi connectivity index (χ2n) is 5.78. The molecule has 1 aliphatic heterocycles. The van der Waals surface area contributed by atoms with Crippen molar-refractivity contribution in [1.29, 1.82) is 0 Å². The number of likely N-dealkylation sites (tertiary alicyclic amines) is 1. The van der Waals surface area contributed by atoms with E-state index in [0.29, 0.717) is 6.61 Å². The zero-order valence-electron chi connectivity index (χ0n) is 11.0. The highest BCUT2D eigenvalue weighted by Crippen LogP contribution is 2.21. The summed E-state index contributed by atoms with van der Waals surface area (Å²) in [7, 11) is 0. The van der Waals surface area contributed by atoms with Crippen LogP contribution in [0.2, 0.25) is 0 Å². The lowest BCUT2D eigenvalue weighted by Gasteiger charge is -2.33. The van der Waals surface area contributed by atoms with Gasteiger partial charge in [0, 0.05) is 19.2 Å². The van der Waals surface area contributed by atoms with E-state index in [1.165, 1.54) is 64.7 Å². The summed E-state index contributed by atoms with van der Waals surface area (Å²) in [6, 6.07) is 0.856. The second kappa shape index (κ2) is 7.34. The summed E-state index contributed by atoms with van der Waals surface area (Å²) in [5.74, 6) is 0.877. The monoisotopic (exact) mass is 240 g/mol. The normalized spacial score (nSPS) is 26.3. The van der Waals surface area contributed by atoms with Crippen LogP contribution in [0.15, 0.2) is 0 Å². The van der Waals surface area contributed by atoms with Crippen molar-refractivity contribution in [3.8, 4) is 0 Å². The Morgan fingerprint density at radius 2 is 2.00 bits per heavy atom. The van der Waals surface area contributed by atoms with E-state index in [1.807, 2.05) is 0 Å². The quantitative estimate of drug-likeness (QED) is 0.633. The van der Waals surface area contributed by atoms with Gasteiger partial charge in [0.25, 0.3) is 0 Å². The average Bonchev–Trinajstić information content (AvgIpc) is 3.17. The SMILES string of the molecule is OCCCCCN1CCCC(CNC2CC2)C1. The van der Waals surface area contributed by atoms with E-state index in [1.54, 1.807) is 0 Å². The third-order valence-electron chi connectivity index (χ3n) is 4.01. The van der Waals surface area contributed by atoms with Gasteiger partial charge in [-0.1, -0.05) is 0 Å². The third kappa shape index (κ3) is 5.36. The number of hydrogen-bond donors (Lipinski definition) is 2. The fourth-order valence-corrected chi connectivity index (χ4v) is 2.77. The Kier molecular flexibility index (Phi) is 5.75. The highest BCUT2D eigenvalue weighted by Gasteiger charge is 2.24. The predicted octanol–water partition coefficient (Wildman–Crippen LogP) is 1.61. The van der Waals surface area contributed by atoms with E-state index in [9.17, 15) is 0 Å². The Balaban J connectivity index is 1.55. The molecule has 1 heterocycles. The number of unbranched alkanes of at least 4 members (excludes halogenated alkanes) is 2. The van der Waals surface area contributed by atoms with Crippen molar-refractivity contribution in [1.82, 2.24) is 10.2 Å². The first-order chi connectivity index (χ1) is 8.38. The molecule has 0 aromatic carbocycles. The van der Waals surface area contributed by atoms with E-state index in [4.69, 9.17) is 5.11 Å². The highest BCUT2D eigenvalue weighted by atomic mass is 16.2. The van der Waals surface area contributed by atoms with Gasteiger partial charge in [0.2, 0.25) is 0 Å². The first kappa shape index (κ1) is 13.3. The molecule has 0 amide bonds. The predicted molar refractivity (Wildman–Crippen MR) is 71.1 cm³/mol. The summed E-state index contributed by atoms with van der Waals surface area (Å²) in [5, 5.41) is 12.4. The van der Waals surface area contributed by atoms with Crippen LogP contribution in [0, 0.1) is 5.92 Å². The fraction of sp³-hybridized carbons (Fsp3) is 1.00. The molecule has 1 unspecified atom stereocenters. The number of nitrogens with zero attached hydrogens (tertiary/aromatic N) is 1. The van der Waals surface area contributed by atoms with Crippen molar-refractivity contribution in [3.05, 3.63) is 0 Å². The topological polar surface area (TPSA) is 35.5 Å². The van der Waals surface area contributed by atoms with Gasteiger partial charge < -0.3 is 15.3 Å². The number of rotatable bonds is 8. The molecule has 3 heteroatoms. The molecular formula is C14H28N2O. The van der Waals surface area contributed by atoms with E-state index in [0.717, 1.165) is 18.4 Å². The minimum absolute atomic E-state index is 0.355. The first-order valence-corrected chi connectivity index (χ1v) is 7.45. The summed E-state index contributed by atoms with van der Waals surface area (Å²) >= 11 is 0. The van der Waals surface area contributed by atoms with Crippen molar-refractivity contribution >= 4 is 0 Å². The zero-order chi connectivity index (χ0) is 11.9. The zero-order valence-corrected chi connectivity index (χ0v) is 11.0. The van der Waals surface area contributed by atoms with E-state index >= 15 is 0 Å². The number of aliphatic hydroxyl groups is 1. The molecule has 2 N–H and O–H groups in total. The molecule has 0 aromatic heterocycles. The van der Waals surface area contributed by atoms with Crippen LogP contribution in [-0.4, -0.2) is 48.8 Å². The molecule has 1 saturated heterocycles. The molecule has 0 bridgehead atoms. The summed E-state index contributed by atoms with van der Waals surface area (Å²) in [4.78, 5) is 2.63. The standard InChI is InChI=1S/C14H28N2O/c17-10-3-1-2-8-16-9-4-5-13(12-16)11-15-14-6-7-14/h13-15,17H,1-12H2. The van der Waals surface area contributed by atoms with E-state index in [2.05, 4.69) is 10.2 Å². The molecular weight excluding hydrogens is 212 g/mol. The summed E-state index contributed by atoms with van der Waals surface area (Å²) in [5.41, 5.74) is 0. The lowest BCUT2D eigenvalue weighted by Crippen LogP contribution is -2.40. The molecule has 1 atom stereocenters. The van der Waals surface area contributed by atoms with Gasteiger partial charge in [0.15, 0.2) is 0 Å². The minimum atomic E-state index is 0.355. The number of hydrogen-bond acceptors (Lipinski definition) is 3. The highest BCUT2D eigenvalue weighted by molar-refractivity contribution is 4.83. The van der Waals surface area contributed by atoms with Crippen LogP contribution < -0.4 is 5.32 Å². The van der Waals surface area contributed by atoms with Gasteiger partial charge in [-0.15, -0.1) is 0 Å². The molecule has 100 valence electrons. The summed E-state index contributed by atoms with van der Waals surface area (Å²) in [6.45, 7) is 5.41. The molecule has 0 aromatic rings. The van der Waals surface area contributed by atoms with Crippen LogP contribution in [0.3, 0.4) is 0 Å². The Bertz CT molecular complexity index is 206. The Morgan fingerprint density at radius 1 is 1.12 bits per heavy atom. The molecule has 2 fully saturated rings. The van der Waals surface area contributed by atoms with Crippen molar-refractivity contribution in [2.45, 2.75) is 51.0 Å². The maximum atomic E-state index is 8.75. The average molecular weight is 240 g/mol. The van der Waals surface area contributed by atoms with Gasteiger partial charge in [-0.05, 0) is 70.5 Å². The van der Waals surface area contributed by atoms with Crippen LogP contribution in [0.25, 0.3) is 0 Å². The van der Waals surface area contributed by atoms with Crippen molar-refractivity contribution in [2.75, 3.05) is 32.8 Å². The maximum Gasteiger partial charge on any atom is 0.0431 e. The van der Waals surface area contributed by atoms with Crippen LogP contribution in [-0.2, 0) is 0 Å². The van der Waals surface area contributed by atoms with Gasteiger partial charge in [0.05, 0.1) is 0 Å². The van der Waals surface area contributed by atoms with Crippen LogP contribution >= 0.6 is 0 Å². The molecule has 2 rings (SSSR count). The largest absolute Gasteiger partial charge is 0.396 e. The Hall–Kier alpha value is -0.120. The van der Waals surface area contributed by atoms with Crippen LogP contribution in [0.4, 0.5) is 0 Å². The molecule has 0 spiro atoms. The molecule has 1 saturated carbocycles. The van der Waals surface area contributed by atoms with Gasteiger partial charge in [-0.3, -0.25) is 0 Å². The number of piperidine rings is 1. The third-order valence-corrected chi connectivity index (χ3v) is 4.01. The number of aliphatic hydroxyl groups excluding tert-OH is 1. The Labute approximate surface area is 106 Å². The van der Waals surface area contributed by atoms with Gasteiger partial charge in [-0.25, -0.2) is 0 Å². The molecule has 0 radical (unpaired) electrons. The summed E-state index contributed by atoms with van der Waals surface area (Å²) in [6.07, 6.45) is 8.99. The number of nitrogens with one attached hydrogen (secondary N) is 1. The smallest absolute Gasteiger partial charge is 0.0431 e. The maximum absolute atomic E-state index is 8.75. The molecule has 1 aliphatic carbocycles. The fourth-order valence-electron chi connectivity index (χ4n) is 2.77. The van der Waals surface area contributed by atoms with Crippen LogP contribution in [0.5, 0.6) is 0 Å². The Morgan fingerprint density at radius 3 is 2.76 bits per heavy atom. The van der Waals surface area contributed by atoms with E-state index < -0.39 is 0 Å². The molecule has 2 aliphatic rings. The molecule has 17 heavy (non-hydrogen) atoms. The second-order valence-corrected chi connectivity index (χ2v) is 5.78. The van der Waals surface area contributed by atoms with Crippen LogP contribution in [0.1, 0.15) is 44.9 Å². The van der Waals surface area contributed by atoms with Gasteiger partial charge in [-0.2, -0.15) is 0 Å². The first-order valence-electron chi connectivity index (χ1n) is 7.45. The lowest BCUT2D eigenvalue weighted by molar-refractivity contribution is 0.168. The molecule has 3 nitrogen and oxygen atoms in total. The van der Waals surface area contributed by atoms with Crippen molar-refractivity contribution in [3.63, 3.8) is 0 Å². The summed E-state index contributed by atoms with van der Waals surface area (Å²) < 4.78 is 0. The van der Waals surface area contributed by atoms with Gasteiger partial charge in [0.1, 0.15) is 0 Å². The van der Waals surface area contributed by atoms with Crippen molar-refractivity contribution < 1.29 is 5.11 Å². The minimum Gasteiger partial charge on any atom is -0.396 e. The van der Waals surface area contributed by atoms with Gasteiger partial charge >= 0.3 is 0 Å². The van der Waals surface area contributed by atoms with Crippen molar-refractivity contribution in [2.24, 2.45) is 5.92 Å². The lowest BCUT2D eigenvalue weighted by atomic mass is 9.97. The van der Waals surface area contributed by atoms with E-state index in [-0.39, 0.29) is 0 Å².